The number of hydrogen-bond acceptors (Lipinski definition) is 12. The van der Waals surface area contributed by atoms with Crippen LogP contribution in [0, 0.1) is 34.3 Å². The fraction of sp³-hybridized carbons (Fsp3) is 0.488. The summed E-state index contributed by atoms with van der Waals surface area (Å²) in [4.78, 5) is 17.3. The van der Waals surface area contributed by atoms with Crippen molar-refractivity contribution in [2.75, 3.05) is 62.4 Å². The van der Waals surface area contributed by atoms with Crippen LogP contribution in [0.2, 0.25) is 0 Å². The predicted octanol–water partition coefficient (Wildman–Crippen LogP) is 9.03. The Morgan fingerprint density at radius 3 is 2.56 bits per heavy atom. The molecular formula is C43H41F7N8O3S. The van der Waals surface area contributed by atoms with Gasteiger partial charge in [0, 0.05) is 48.9 Å². The molecule has 0 amide bonds. The molecule has 1 saturated carbocycles. The molecule has 4 aliphatic heterocycles. The zero-order chi connectivity index (χ0) is 43.3. The van der Waals surface area contributed by atoms with Crippen LogP contribution >= 0.6 is 11.3 Å². The second kappa shape index (κ2) is 14.7. The first-order valence-corrected chi connectivity index (χ1v) is 21.5. The van der Waals surface area contributed by atoms with Crippen LogP contribution in [-0.4, -0.2) is 77.4 Å². The number of benzene rings is 2. The fourth-order valence-corrected chi connectivity index (χ4v) is 11.6. The van der Waals surface area contributed by atoms with Gasteiger partial charge >= 0.3 is 12.2 Å². The highest BCUT2D eigenvalue weighted by Gasteiger charge is 2.77. The number of rotatable bonds is 9. The van der Waals surface area contributed by atoms with Gasteiger partial charge in [0.2, 0.25) is 0 Å². The largest absolute Gasteiger partial charge is 0.490 e. The number of thiophene rings is 1. The Kier molecular flexibility index (Phi) is 9.68. The third-order valence-electron chi connectivity index (χ3n) is 13.7. The monoisotopic (exact) mass is 882 g/mol. The van der Waals surface area contributed by atoms with Gasteiger partial charge in [-0.2, -0.15) is 28.4 Å². The van der Waals surface area contributed by atoms with Gasteiger partial charge in [-0.05, 0) is 75.1 Å². The zero-order valence-electron chi connectivity index (χ0n) is 33.3. The fourth-order valence-electron chi connectivity index (χ4n) is 10.6. The van der Waals surface area contributed by atoms with Crippen LogP contribution in [0.3, 0.4) is 0 Å². The molecule has 3 atom stereocenters. The lowest BCUT2D eigenvalue weighted by atomic mass is 9.89. The first kappa shape index (κ1) is 40.9. The first-order chi connectivity index (χ1) is 29.7. The number of anilines is 3. The number of ether oxygens (including phenoxy) is 3. The number of alkyl halides is 5. The van der Waals surface area contributed by atoms with E-state index in [4.69, 9.17) is 30.7 Å². The van der Waals surface area contributed by atoms with Crippen LogP contribution in [0.15, 0.2) is 30.5 Å². The van der Waals surface area contributed by atoms with E-state index in [-0.39, 0.29) is 88.7 Å². The number of nitriles is 1. The molecule has 326 valence electrons. The standard InChI is InChI=1S/C43H41F7N8O3S/c44-26-6-5-24(28-25(17-51)37(53)62-35(26)28)29-31(43(48,49)50)34-30-33(32(29)45)55-39(61-21-41-10-2-12-57(41)20-40(18-41)19-42(40,46)47)56-38(30)58(13-16-60-34)27(23-3-1-11-54-36(23)52)7-4-22-8-14-59-15-9-22/h1,3,5-6,11,22,27H,2,4,7-10,12-16,18-21,53H2,(H2,52,54)/t27-,40+,41+/m1/s1. The van der Waals surface area contributed by atoms with E-state index in [2.05, 4.69) is 9.97 Å². The molecule has 4 N–H and O–H groups in total. The third kappa shape index (κ3) is 6.45. The van der Waals surface area contributed by atoms with E-state index in [1.54, 1.807) is 17.0 Å². The maximum Gasteiger partial charge on any atom is 0.420 e. The number of nitrogens with zero attached hydrogens (tertiary/aromatic N) is 6. The van der Waals surface area contributed by atoms with Gasteiger partial charge < -0.3 is 30.6 Å². The van der Waals surface area contributed by atoms with E-state index in [0.717, 1.165) is 31.4 Å². The number of hydrogen-bond donors (Lipinski definition) is 2. The lowest BCUT2D eigenvalue weighted by molar-refractivity contribution is -0.138. The van der Waals surface area contributed by atoms with Crippen LogP contribution < -0.4 is 25.8 Å². The Bertz CT molecular complexity index is 2670. The second-order valence-electron chi connectivity index (χ2n) is 17.2. The molecular weight excluding hydrogens is 842 g/mol. The molecule has 2 aromatic carbocycles. The van der Waals surface area contributed by atoms with Gasteiger partial charge in [0.25, 0.3) is 5.92 Å². The summed E-state index contributed by atoms with van der Waals surface area (Å²) >= 11 is 0.658. The first-order valence-electron chi connectivity index (χ1n) is 20.6. The van der Waals surface area contributed by atoms with Crippen LogP contribution in [-0.2, 0) is 10.9 Å². The molecule has 5 aliphatic rings. The summed E-state index contributed by atoms with van der Waals surface area (Å²) in [5, 5.41) is 9.23. The van der Waals surface area contributed by atoms with Crippen molar-refractivity contribution in [3.05, 3.63) is 58.8 Å². The minimum Gasteiger partial charge on any atom is -0.490 e. The highest BCUT2D eigenvalue weighted by atomic mass is 32.1. The molecule has 10 rings (SSSR count). The topological polar surface area (TPSA) is 149 Å². The van der Waals surface area contributed by atoms with Crippen molar-refractivity contribution >= 4 is 49.0 Å². The van der Waals surface area contributed by atoms with Gasteiger partial charge in [-0.1, -0.05) is 12.1 Å². The highest BCUT2D eigenvalue weighted by molar-refractivity contribution is 7.23. The summed E-state index contributed by atoms with van der Waals surface area (Å²) in [7, 11) is 0. The number of halogens is 7. The van der Waals surface area contributed by atoms with Crippen molar-refractivity contribution in [2.45, 2.75) is 75.0 Å². The molecule has 1 spiro atoms. The Morgan fingerprint density at radius 2 is 1.84 bits per heavy atom. The van der Waals surface area contributed by atoms with Crippen LogP contribution in [0.25, 0.3) is 32.1 Å². The Balaban J connectivity index is 1.20. The molecule has 3 saturated heterocycles. The summed E-state index contributed by atoms with van der Waals surface area (Å²) in [6.07, 6.45) is 0.247. The van der Waals surface area contributed by atoms with Crippen LogP contribution in [0.4, 0.5) is 47.4 Å². The van der Waals surface area contributed by atoms with Crippen LogP contribution in [0.5, 0.6) is 11.8 Å². The van der Waals surface area contributed by atoms with Gasteiger partial charge in [0.1, 0.15) is 58.6 Å². The maximum absolute atomic E-state index is 17.8. The van der Waals surface area contributed by atoms with Crippen molar-refractivity contribution in [3.8, 4) is 29.0 Å². The smallest absolute Gasteiger partial charge is 0.420 e. The lowest BCUT2D eigenvalue weighted by Crippen LogP contribution is -2.43. The lowest BCUT2D eigenvalue weighted by Gasteiger charge is -2.35. The van der Waals surface area contributed by atoms with E-state index in [0.29, 0.717) is 55.9 Å². The average molecular weight is 883 g/mol. The average Bonchev–Trinajstić information content (AvgIpc) is 3.48. The number of nitrogens with two attached hydrogens (primary N) is 2. The van der Waals surface area contributed by atoms with Crippen molar-refractivity contribution < 1.29 is 44.9 Å². The number of nitrogen functional groups attached to an aromatic ring is 2. The van der Waals surface area contributed by atoms with Crippen molar-refractivity contribution in [2.24, 2.45) is 11.3 Å². The number of pyridine rings is 1. The van der Waals surface area contributed by atoms with Gasteiger partial charge in [0.15, 0.2) is 5.82 Å². The molecule has 0 bridgehead atoms. The molecule has 1 aliphatic carbocycles. The van der Waals surface area contributed by atoms with Crippen molar-refractivity contribution in [3.63, 3.8) is 0 Å². The summed E-state index contributed by atoms with van der Waals surface area (Å²) < 4.78 is 128. The van der Waals surface area contributed by atoms with E-state index >= 15 is 22.0 Å². The number of fused-ring (bicyclic) bond motifs is 2. The van der Waals surface area contributed by atoms with Gasteiger partial charge in [-0.15, -0.1) is 11.3 Å². The molecule has 0 radical (unpaired) electrons. The predicted molar refractivity (Wildman–Crippen MR) is 217 cm³/mol. The van der Waals surface area contributed by atoms with E-state index in [1.807, 2.05) is 11.0 Å². The highest BCUT2D eigenvalue weighted by Crippen LogP contribution is 2.69. The SMILES string of the molecule is N#Cc1c(N)sc2c(F)ccc(-c3c(C(F)(F)F)c4c5c(nc(OC[C@@]67CCCN6C[C@@]6(CC6(F)F)C7)nc5c3F)N([C@H](CCC3CCOCC3)c3cccnc3N)CCO4)c12. The van der Waals surface area contributed by atoms with E-state index in [9.17, 15) is 14.0 Å². The second-order valence-corrected chi connectivity index (χ2v) is 18.3. The minimum absolute atomic E-state index is 0.0446. The molecule has 0 unspecified atom stereocenters. The van der Waals surface area contributed by atoms with Gasteiger partial charge in [-0.25, -0.2) is 22.5 Å². The van der Waals surface area contributed by atoms with Crippen LogP contribution in [0.1, 0.15) is 74.1 Å². The maximum atomic E-state index is 17.8. The summed E-state index contributed by atoms with van der Waals surface area (Å²) in [5.74, 6) is -5.53. The van der Waals surface area contributed by atoms with Crippen molar-refractivity contribution in [1.82, 2.24) is 19.9 Å². The number of aromatic nitrogens is 3. The molecule has 62 heavy (non-hydrogen) atoms. The Hall–Kier alpha value is -5.19. The molecule has 7 heterocycles. The third-order valence-corrected chi connectivity index (χ3v) is 14.7. The Morgan fingerprint density at radius 1 is 1.05 bits per heavy atom. The molecule has 11 nitrogen and oxygen atoms in total. The quantitative estimate of drug-likeness (QED) is 0.137. The zero-order valence-corrected chi connectivity index (χ0v) is 34.1. The summed E-state index contributed by atoms with van der Waals surface area (Å²) in [6, 6.07) is 6.17. The molecule has 3 aromatic heterocycles. The van der Waals surface area contributed by atoms with E-state index in [1.165, 1.54) is 6.20 Å². The molecule has 4 fully saturated rings. The normalized spacial score (nSPS) is 24.0. The molecule has 19 heteroatoms. The summed E-state index contributed by atoms with van der Waals surface area (Å²) in [5.41, 5.74) is 7.32. The summed E-state index contributed by atoms with van der Waals surface area (Å²) in [6.45, 7) is 1.47. The van der Waals surface area contributed by atoms with Gasteiger partial charge in [0.05, 0.1) is 39.2 Å². The van der Waals surface area contributed by atoms with E-state index < -0.39 is 68.7 Å². The Labute approximate surface area is 354 Å². The molecule has 5 aromatic rings. The van der Waals surface area contributed by atoms with Gasteiger partial charge in [-0.3, -0.25) is 4.90 Å². The van der Waals surface area contributed by atoms with Crippen molar-refractivity contribution in [1.29, 1.82) is 5.26 Å². The minimum atomic E-state index is -5.28.